The lowest BCUT2D eigenvalue weighted by Gasteiger charge is -2.30. The summed E-state index contributed by atoms with van der Waals surface area (Å²) in [4.78, 5) is 13.7. The van der Waals surface area contributed by atoms with E-state index in [-0.39, 0.29) is 17.7 Å². The summed E-state index contributed by atoms with van der Waals surface area (Å²) in [6, 6.07) is 7.05. The standard InChI is InChI=1S/C14H19BrN2O3S/c15-12-4-1-3-11(7-12)9-21(19,20)10-14(18)17-6-2-5-13(16)8-17/h1,3-4,7,13H,2,5-6,8-10,16H2/t13-/m1/s1. The Hall–Kier alpha value is -0.920. The molecule has 0 saturated carbocycles. The highest BCUT2D eigenvalue weighted by molar-refractivity contribution is 9.10. The number of nitrogens with zero attached hydrogens (tertiary/aromatic N) is 1. The van der Waals surface area contributed by atoms with Crippen LogP contribution >= 0.6 is 15.9 Å². The Balaban J connectivity index is 1.98. The molecule has 0 bridgehead atoms. The minimum absolute atomic E-state index is 0.0458. The van der Waals surface area contributed by atoms with Gasteiger partial charge in [-0.05, 0) is 30.5 Å². The maximum absolute atomic E-state index is 12.2. The zero-order chi connectivity index (χ0) is 15.5. The lowest BCUT2D eigenvalue weighted by molar-refractivity contribution is -0.129. The van der Waals surface area contributed by atoms with Crippen molar-refractivity contribution in [2.45, 2.75) is 24.6 Å². The molecule has 0 spiro atoms. The second kappa shape index (κ2) is 6.89. The van der Waals surface area contributed by atoms with Gasteiger partial charge in [0.15, 0.2) is 9.84 Å². The van der Waals surface area contributed by atoms with Crippen molar-refractivity contribution < 1.29 is 13.2 Å². The summed E-state index contributed by atoms with van der Waals surface area (Å²) >= 11 is 3.31. The predicted molar refractivity (Wildman–Crippen MR) is 85.4 cm³/mol. The van der Waals surface area contributed by atoms with E-state index >= 15 is 0 Å². The fourth-order valence-electron chi connectivity index (χ4n) is 2.45. The van der Waals surface area contributed by atoms with Crippen LogP contribution in [0.5, 0.6) is 0 Å². The number of likely N-dealkylation sites (tertiary alicyclic amines) is 1. The van der Waals surface area contributed by atoms with E-state index in [4.69, 9.17) is 5.73 Å². The fourth-order valence-corrected chi connectivity index (χ4v) is 4.24. The van der Waals surface area contributed by atoms with Gasteiger partial charge in [0.1, 0.15) is 5.75 Å². The SMILES string of the molecule is N[C@@H]1CCCN(C(=O)CS(=O)(=O)Cc2cccc(Br)c2)C1. The van der Waals surface area contributed by atoms with Gasteiger partial charge in [0.25, 0.3) is 0 Å². The average molecular weight is 375 g/mol. The van der Waals surface area contributed by atoms with Gasteiger partial charge in [0.05, 0.1) is 5.75 Å². The molecule has 1 amide bonds. The number of halogens is 1. The zero-order valence-electron chi connectivity index (χ0n) is 11.7. The number of nitrogens with two attached hydrogens (primary N) is 1. The van der Waals surface area contributed by atoms with Crippen LogP contribution in [0.15, 0.2) is 28.7 Å². The zero-order valence-corrected chi connectivity index (χ0v) is 14.1. The third kappa shape index (κ3) is 5.09. The Morgan fingerprint density at radius 1 is 1.43 bits per heavy atom. The van der Waals surface area contributed by atoms with E-state index in [2.05, 4.69) is 15.9 Å². The van der Waals surface area contributed by atoms with Crippen LogP contribution < -0.4 is 5.73 Å². The lowest BCUT2D eigenvalue weighted by atomic mass is 10.1. The molecule has 1 heterocycles. The monoisotopic (exact) mass is 374 g/mol. The Kier molecular flexibility index (Phi) is 5.40. The summed E-state index contributed by atoms with van der Waals surface area (Å²) in [7, 11) is -3.47. The van der Waals surface area contributed by atoms with E-state index in [1.54, 1.807) is 23.1 Å². The number of carbonyl (C=O) groups excluding carboxylic acids is 1. The summed E-state index contributed by atoms with van der Waals surface area (Å²) < 4.78 is 25.1. The molecule has 1 aliphatic heterocycles. The van der Waals surface area contributed by atoms with Crippen molar-refractivity contribution in [3.05, 3.63) is 34.3 Å². The number of piperidine rings is 1. The van der Waals surface area contributed by atoms with Crippen molar-refractivity contribution in [1.29, 1.82) is 0 Å². The topological polar surface area (TPSA) is 80.5 Å². The first-order chi connectivity index (χ1) is 9.85. The number of amides is 1. The maximum atomic E-state index is 12.2. The van der Waals surface area contributed by atoms with E-state index in [1.807, 2.05) is 6.07 Å². The molecule has 1 aliphatic rings. The van der Waals surface area contributed by atoms with Gasteiger partial charge in [-0.3, -0.25) is 4.79 Å². The van der Waals surface area contributed by atoms with E-state index < -0.39 is 15.6 Å². The molecule has 0 aromatic heterocycles. The largest absolute Gasteiger partial charge is 0.340 e. The van der Waals surface area contributed by atoms with Crippen LogP contribution in [0.2, 0.25) is 0 Å². The first-order valence-electron chi connectivity index (χ1n) is 6.84. The molecule has 0 unspecified atom stereocenters. The number of rotatable bonds is 4. The first-order valence-corrected chi connectivity index (χ1v) is 9.45. The van der Waals surface area contributed by atoms with E-state index in [9.17, 15) is 13.2 Å². The van der Waals surface area contributed by atoms with Crippen LogP contribution in [0.25, 0.3) is 0 Å². The number of carbonyl (C=O) groups is 1. The highest BCUT2D eigenvalue weighted by Crippen LogP contribution is 2.15. The van der Waals surface area contributed by atoms with Crippen molar-refractivity contribution in [3.63, 3.8) is 0 Å². The third-order valence-corrected chi connectivity index (χ3v) is 5.38. The molecule has 7 heteroatoms. The molecule has 0 radical (unpaired) electrons. The molecule has 1 fully saturated rings. The molecule has 2 N–H and O–H groups in total. The molecule has 5 nitrogen and oxygen atoms in total. The van der Waals surface area contributed by atoms with Crippen molar-refractivity contribution in [2.75, 3.05) is 18.8 Å². The van der Waals surface area contributed by atoms with Gasteiger partial charge in [-0.25, -0.2) is 8.42 Å². The molecule has 1 atom stereocenters. The number of hydrogen-bond acceptors (Lipinski definition) is 4. The summed E-state index contributed by atoms with van der Waals surface area (Å²) in [6.45, 7) is 1.05. The average Bonchev–Trinajstić information content (AvgIpc) is 2.37. The minimum Gasteiger partial charge on any atom is -0.340 e. The Morgan fingerprint density at radius 2 is 2.19 bits per heavy atom. The van der Waals surface area contributed by atoms with Gasteiger partial charge >= 0.3 is 0 Å². The third-order valence-electron chi connectivity index (χ3n) is 3.43. The molecule has 2 rings (SSSR count). The van der Waals surface area contributed by atoms with Crippen LogP contribution in [-0.2, 0) is 20.4 Å². The second-order valence-corrected chi connectivity index (χ2v) is 8.38. The Labute approximate surface area is 133 Å². The maximum Gasteiger partial charge on any atom is 0.237 e. The van der Waals surface area contributed by atoms with Gasteiger partial charge in [0.2, 0.25) is 5.91 Å². The van der Waals surface area contributed by atoms with Crippen molar-refractivity contribution in [3.8, 4) is 0 Å². The van der Waals surface area contributed by atoms with Crippen LogP contribution in [0.3, 0.4) is 0 Å². The van der Waals surface area contributed by atoms with E-state index in [1.165, 1.54) is 0 Å². The number of hydrogen-bond donors (Lipinski definition) is 1. The molecule has 21 heavy (non-hydrogen) atoms. The first kappa shape index (κ1) is 16.5. The quantitative estimate of drug-likeness (QED) is 0.861. The van der Waals surface area contributed by atoms with Crippen molar-refractivity contribution in [2.24, 2.45) is 5.73 Å². The molecule has 1 aromatic rings. The van der Waals surface area contributed by atoms with Gasteiger partial charge in [0, 0.05) is 23.6 Å². The summed E-state index contributed by atoms with van der Waals surface area (Å²) in [5.41, 5.74) is 6.49. The Bertz CT molecular complexity index is 618. The van der Waals surface area contributed by atoms with Gasteiger partial charge < -0.3 is 10.6 Å². The molecular weight excluding hydrogens is 356 g/mol. The van der Waals surface area contributed by atoms with Crippen molar-refractivity contribution in [1.82, 2.24) is 4.90 Å². The smallest absolute Gasteiger partial charge is 0.237 e. The molecular formula is C14H19BrN2O3S. The van der Waals surface area contributed by atoms with Crippen LogP contribution in [-0.4, -0.2) is 44.1 Å². The van der Waals surface area contributed by atoms with Crippen molar-refractivity contribution >= 4 is 31.7 Å². The summed E-state index contributed by atoms with van der Waals surface area (Å²) in [6.07, 6.45) is 1.72. The second-order valence-electron chi connectivity index (χ2n) is 5.40. The number of benzene rings is 1. The molecule has 0 aliphatic carbocycles. The van der Waals surface area contributed by atoms with Crippen LogP contribution in [0.1, 0.15) is 18.4 Å². The van der Waals surface area contributed by atoms with E-state index in [0.717, 1.165) is 17.3 Å². The number of sulfone groups is 1. The normalized spacial score (nSPS) is 19.5. The highest BCUT2D eigenvalue weighted by Gasteiger charge is 2.25. The van der Waals surface area contributed by atoms with Gasteiger partial charge in [-0.1, -0.05) is 28.1 Å². The van der Waals surface area contributed by atoms with Gasteiger partial charge in [-0.2, -0.15) is 0 Å². The molecule has 1 saturated heterocycles. The molecule has 116 valence electrons. The van der Waals surface area contributed by atoms with Gasteiger partial charge in [-0.15, -0.1) is 0 Å². The molecule has 1 aromatic carbocycles. The van der Waals surface area contributed by atoms with E-state index in [0.29, 0.717) is 18.7 Å². The summed E-state index contributed by atoms with van der Waals surface area (Å²) in [5.74, 6) is -0.926. The minimum atomic E-state index is -3.47. The van der Waals surface area contributed by atoms with Crippen LogP contribution in [0.4, 0.5) is 0 Å². The summed E-state index contributed by atoms with van der Waals surface area (Å²) in [5, 5.41) is 0. The fraction of sp³-hybridized carbons (Fsp3) is 0.500. The van der Waals surface area contributed by atoms with Crippen LogP contribution in [0, 0.1) is 0 Å². The predicted octanol–water partition coefficient (Wildman–Crippen LogP) is 1.31. The Morgan fingerprint density at radius 3 is 2.86 bits per heavy atom. The highest BCUT2D eigenvalue weighted by atomic mass is 79.9. The lowest BCUT2D eigenvalue weighted by Crippen LogP contribution is -2.47.